The number of nitrogens with one attached hydrogen (secondary N) is 1. The van der Waals surface area contributed by atoms with E-state index in [0.29, 0.717) is 29.5 Å². The largest absolute Gasteiger partial charge is 0.573 e. The second-order valence-electron chi connectivity index (χ2n) is 7.76. The Kier molecular flexibility index (Phi) is 10.1. The highest BCUT2D eigenvalue weighted by Gasteiger charge is 2.33. The van der Waals surface area contributed by atoms with Gasteiger partial charge in [-0.1, -0.05) is 37.6 Å². The van der Waals surface area contributed by atoms with Crippen LogP contribution in [0.15, 0.2) is 48.5 Å². The molecule has 7 nitrogen and oxygen atoms in total. The molecule has 2 aromatic rings. The van der Waals surface area contributed by atoms with Crippen molar-refractivity contribution in [3.8, 4) is 5.75 Å². The summed E-state index contributed by atoms with van der Waals surface area (Å²) in [5.41, 5.74) is 1.36. The number of carbonyl (C=O) groups is 3. The number of benzene rings is 2. The van der Waals surface area contributed by atoms with Gasteiger partial charge in [-0.15, -0.1) is 13.2 Å². The summed E-state index contributed by atoms with van der Waals surface area (Å²) in [6.07, 6.45) is -3.63. The highest BCUT2D eigenvalue weighted by atomic mass is 19.4. The highest BCUT2D eigenvalue weighted by Crippen LogP contribution is 2.38. The normalized spacial score (nSPS) is 12.9. The van der Waals surface area contributed by atoms with E-state index in [1.165, 1.54) is 12.1 Å². The molecule has 0 fully saturated rings. The van der Waals surface area contributed by atoms with Crippen molar-refractivity contribution in [2.24, 2.45) is 0 Å². The van der Waals surface area contributed by atoms with Crippen molar-refractivity contribution in [1.82, 2.24) is 5.32 Å². The van der Waals surface area contributed by atoms with Gasteiger partial charge in [-0.2, -0.15) is 0 Å². The maximum atomic E-state index is 12.4. The summed E-state index contributed by atoms with van der Waals surface area (Å²) in [5.74, 6) is -3.84. The minimum absolute atomic E-state index is 0.0450. The number of amides is 1. The van der Waals surface area contributed by atoms with E-state index in [1.807, 2.05) is 6.92 Å². The lowest BCUT2D eigenvalue weighted by Crippen LogP contribution is -2.26. The van der Waals surface area contributed by atoms with Crippen LogP contribution in [0.1, 0.15) is 66.4 Å². The molecular formula is C25H28F3NO6. The molecule has 0 aliphatic carbocycles. The van der Waals surface area contributed by atoms with Crippen LogP contribution in [0.2, 0.25) is 0 Å². The molecule has 35 heavy (non-hydrogen) atoms. The van der Waals surface area contributed by atoms with E-state index in [0.717, 1.165) is 12.1 Å². The van der Waals surface area contributed by atoms with E-state index in [4.69, 9.17) is 4.74 Å². The molecule has 0 spiro atoms. The van der Waals surface area contributed by atoms with E-state index < -0.39 is 35.9 Å². The Labute approximate surface area is 201 Å². The van der Waals surface area contributed by atoms with Crippen LogP contribution in [0, 0.1) is 0 Å². The fraction of sp³-hybridized carbons (Fsp3) is 0.400. The van der Waals surface area contributed by atoms with E-state index in [9.17, 15) is 32.7 Å². The SMILES string of the molecule is CCC[C@H](c1ccc(C(=O)NCCC(=O)OCC)cc1)[C@@H](C(=O)O)c1ccc(OC(F)(F)F)cc1. The number of carboxylic acid groups (broad SMARTS) is 1. The molecular weight excluding hydrogens is 467 g/mol. The number of hydrogen-bond donors (Lipinski definition) is 2. The molecule has 0 radical (unpaired) electrons. The first-order chi connectivity index (χ1) is 16.6. The van der Waals surface area contributed by atoms with Crippen LogP contribution in [-0.4, -0.2) is 42.5 Å². The summed E-state index contributed by atoms with van der Waals surface area (Å²) in [6.45, 7) is 3.97. The molecule has 2 atom stereocenters. The predicted octanol–water partition coefficient (Wildman–Crippen LogP) is 5.02. The Hall–Kier alpha value is -3.56. The second-order valence-corrected chi connectivity index (χ2v) is 7.76. The summed E-state index contributed by atoms with van der Waals surface area (Å²) in [4.78, 5) is 35.9. The molecule has 0 aromatic heterocycles. The Morgan fingerprint density at radius 1 is 0.971 bits per heavy atom. The number of halogens is 3. The highest BCUT2D eigenvalue weighted by molar-refractivity contribution is 5.94. The lowest BCUT2D eigenvalue weighted by Gasteiger charge is -2.25. The summed E-state index contributed by atoms with van der Waals surface area (Å²) < 4.78 is 46.0. The van der Waals surface area contributed by atoms with E-state index in [1.54, 1.807) is 31.2 Å². The van der Waals surface area contributed by atoms with E-state index >= 15 is 0 Å². The van der Waals surface area contributed by atoms with Gasteiger partial charge in [0.2, 0.25) is 0 Å². The molecule has 2 aromatic carbocycles. The average molecular weight is 495 g/mol. The average Bonchev–Trinajstić information content (AvgIpc) is 2.79. The van der Waals surface area contributed by atoms with Gasteiger partial charge in [-0.3, -0.25) is 14.4 Å². The molecule has 0 bridgehead atoms. The first-order valence-corrected chi connectivity index (χ1v) is 11.2. The Balaban J connectivity index is 2.19. The van der Waals surface area contributed by atoms with Crippen molar-refractivity contribution in [2.75, 3.05) is 13.2 Å². The summed E-state index contributed by atoms with van der Waals surface area (Å²) >= 11 is 0. The number of carboxylic acids is 1. The lowest BCUT2D eigenvalue weighted by molar-refractivity contribution is -0.274. The number of esters is 1. The number of carbonyl (C=O) groups excluding carboxylic acids is 2. The van der Waals surface area contributed by atoms with Gasteiger partial charge >= 0.3 is 18.3 Å². The van der Waals surface area contributed by atoms with Crippen molar-refractivity contribution in [3.63, 3.8) is 0 Å². The Bertz CT molecular complexity index is 990. The van der Waals surface area contributed by atoms with Gasteiger partial charge < -0.3 is 19.9 Å². The van der Waals surface area contributed by atoms with Gasteiger partial charge in [0.25, 0.3) is 5.91 Å². The lowest BCUT2D eigenvalue weighted by atomic mass is 9.78. The van der Waals surface area contributed by atoms with Crippen molar-refractivity contribution < 1.29 is 42.1 Å². The number of alkyl halides is 3. The molecule has 0 unspecified atom stereocenters. The molecule has 1 amide bonds. The third-order valence-electron chi connectivity index (χ3n) is 5.26. The zero-order valence-electron chi connectivity index (χ0n) is 19.4. The maximum Gasteiger partial charge on any atom is 0.573 e. The molecule has 2 N–H and O–H groups in total. The van der Waals surface area contributed by atoms with Crippen molar-refractivity contribution in [3.05, 3.63) is 65.2 Å². The van der Waals surface area contributed by atoms with Gasteiger partial charge in [-0.25, -0.2) is 0 Å². The monoisotopic (exact) mass is 495 g/mol. The molecule has 2 rings (SSSR count). The molecule has 190 valence electrons. The first-order valence-electron chi connectivity index (χ1n) is 11.2. The van der Waals surface area contributed by atoms with Crippen molar-refractivity contribution in [1.29, 1.82) is 0 Å². The molecule has 0 saturated heterocycles. The maximum absolute atomic E-state index is 12.4. The van der Waals surface area contributed by atoms with E-state index in [2.05, 4.69) is 10.1 Å². The second kappa shape index (κ2) is 12.8. The Morgan fingerprint density at radius 2 is 1.57 bits per heavy atom. The summed E-state index contributed by atoms with van der Waals surface area (Å²) in [6, 6.07) is 11.3. The van der Waals surface area contributed by atoms with Gasteiger partial charge in [0.1, 0.15) is 5.75 Å². The third kappa shape index (κ3) is 8.62. The van der Waals surface area contributed by atoms with Gasteiger partial charge in [0.15, 0.2) is 0 Å². The summed E-state index contributed by atoms with van der Waals surface area (Å²) in [7, 11) is 0. The molecule has 10 heteroatoms. The van der Waals surface area contributed by atoms with Crippen LogP contribution in [0.3, 0.4) is 0 Å². The standard InChI is InChI=1S/C25H28F3NO6/c1-3-5-20(22(24(32)33)17-10-12-19(13-11-17)35-25(26,27)28)16-6-8-18(9-7-16)23(31)29-15-14-21(30)34-4-2/h6-13,20,22H,3-5,14-15H2,1-2H3,(H,29,31)(H,32,33)/t20-,22+/m1/s1. The first kappa shape index (κ1) is 27.7. The van der Waals surface area contributed by atoms with Crippen LogP contribution in [0.5, 0.6) is 5.75 Å². The smallest absolute Gasteiger partial charge is 0.481 e. The molecule has 0 aliphatic rings. The zero-order valence-corrected chi connectivity index (χ0v) is 19.4. The van der Waals surface area contributed by atoms with Crippen molar-refractivity contribution in [2.45, 2.75) is 51.3 Å². The summed E-state index contributed by atoms with van der Waals surface area (Å²) in [5, 5.41) is 12.6. The van der Waals surface area contributed by atoms with Gasteiger partial charge in [0.05, 0.1) is 18.9 Å². The Morgan fingerprint density at radius 3 is 2.09 bits per heavy atom. The molecule has 0 aliphatic heterocycles. The minimum atomic E-state index is -4.84. The van der Waals surface area contributed by atoms with Gasteiger partial charge in [0, 0.05) is 18.0 Å². The number of ether oxygens (including phenoxy) is 2. The van der Waals surface area contributed by atoms with Crippen LogP contribution in [-0.2, 0) is 14.3 Å². The quantitative estimate of drug-likeness (QED) is 0.401. The minimum Gasteiger partial charge on any atom is -0.481 e. The van der Waals surface area contributed by atoms with Crippen LogP contribution < -0.4 is 10.1 Å². The molecule has 0 heterocycles. The van der Waals surface area contributed by atoms with Crippen molar-refractivity contribution >= 4 is 17.8 Å². The number of rotatable bonds is 12. The third-order valence-corrected chi connectivity index (χ3v) is 5.26. The van der Waals surface area contributed by atoms with Crippen LogP contribution >= 0.6 is 0 Å². The fourth-order valence-corrected chi connectivity index (χ4v) is 3.76. The zero-order chi connectivity index (χ0) is 26.0. The van der Waals surface area contributed by atoms with Gasteiger partial charge in [-0.05, 0) is 48.7 Å². The fourth-order valence-electron chi connectivity index (χ4n) is 3.76. The topological polar surface area (TPSA) is 102 Å². The van der Waals surface area contributed by atoms with Crippen LogP contribution in [0.4, 0.5) is 13.2 Å². The van der Waals surface area contributed by atoms with Crippen LogP contribution in [0.25, 0.3) is 0 Å². The van der Waals surface area contributed by atoms with E-state index in [-0.39, 0.29) is 25.5 Å². The predicted molar refractivity (Wildman–Crippen MR) is 121 cm³/mol. The molecule has 0 saturated carbocycles. The number of hydrogen-bond acceptors (Lipinski definition) is 5. The number of aliphatic carboxylic acids is 1.